The molecule has 0 saturated heterocycles. The van der Waals surface area contributed by atoms with Gasteiger partial charge in [0, 0.05) is 12.1 Å². The van der Waals surface area contributed by atoms with Gasteiger partial charge in [0.25, 0.3) is 0 Å². The van der Waals surface area contributed by atoms with Gasteiger partial charge in [0.2, 0.25) is 0 Å². The molecule has 2 nitrogen and oxygen atoms in total. The van der Waals surface area contributed by atoms with Crippen LogP contribution < -0.4 is 5.73 Å². The second-order valence-corrected chi connectivity index (χ2v) is 6.51. The lowest BCUT2D eigenvalue weighted by molar-refractivity contribution is 0.0788. The van der Waals surface area contributed by atoms with Crippen molar-refractivity contribution in [3.8, 4) is 0 Å². The van der Waals surface area contributed by atoms with E-state index in [1.807, 2.05) is 0 Å². The zero-order valence-corrected chi connectivity index (χ0v) is 12.2. The standard InChI is InChI=1S/C16H32N2/c1-18(15-10-5-3-2-4-6-11-15)16-12-8-7-9-14(16)13-17/h14-16H,2-13,17H2,1H3. The first kappa shape index (κ1) is 14.3. The fourth-order valence-electron chi connectivity index (χ4n) is 4.11. The highest BCUT2D eigenvalue weighted by Crippen LogP contribution is 2.31. The monoisotopic (exact) mass is 252 g/mol. The normalized spacial score (nSPS) is 32.2. The largest absolute Gasteiger partial charge is 0.330 e. The van der Waals surface area contributed by atoms with Crippen LogP contribution in [0.1, 0.15) is 70.6 Å². The van der Waals surface area contributed by atoms with Crippen LogP contribution in [0.25, 0.3) is 0 Å². The maximum Gasteiger partial charge on any atom is 0.0135 e. The molecule has 0 bridgehead atoms. The highest BCUT2D eigenvalue weighted by atomic mass is 15.2. The Morgan fingerprint density at radius 2 is 1.39 bits per heavy atom. The van der Waals surface area contributed by atoms with Gasteiger partial charge in [0.05, 0.1) is 0 Å². The molecule has 2 N–H and O–H groups in total. The zero-order chi connectivity index (χ0) is 12.8. The van der Waals surface area contributed by atoms with E-state index in [4.69, 9.17) is 5.73 Å². The average Bonchev–Trinajstić information content (AvgIpc) is 2.37. The van der Waals surface area contributed by atoms with E-state index in [1.54, 1.807) is 0 Å². The number of hydrogen-bond acceptors (Lipinski definition) is 2. The van der Waals surface area contributed by atoms with Gasteiger partial charge >= 0.3 is 0 Å². The molecule has 2 aliphatic rings. The smallest absolute Gasteiger partial charge is 0.0135 e. The van der Waals surface area contributed by atoms with Crippen LogP contribution in [-0.4, -0.2) is 30.6 Å². The van der Waals surface area contributed by atoms with Gasteiger partial charge in [-0.2, -0.15) is 0 Å². The predicted molar refractivity (Wildman–Crippen MR) is 78.7 cm³/mol. The van der Waals surface area contributed by atoms with Crippen molar-refractivity contribution < 1.29 is 0 Å². The van der Waals surface area contributed by atoms with Gasteiger partial charge in [-0.25, -0.2) is 0 Å². The van der Waals surface area contributed by atoms with Crippen molar-refractivity contribution in [2.24, 2.45) is 11.7 Å². The van der Waals surface area contributed by atoms with Gasteiger partial charge in [-0.3, -0.25) is 0 Å². The third-order valence-corrected chi connectivity index (χ3v) is 5.35. The molecule has 0 radical (unpaired) electrons. The van der Waals surface area contributed by atoms with E-state index in [9.17, 15) is 0 Å². The average molecular weight is 252 g/mol. The first-order valence-electron chi connectivity index (χ1n) is 8.25. The third kappa shape index (κ3) is 3.71. The summed E-state index contributed by atoms with van der Waals surface area (Å²) in [6, 6.07) is 1.61. The molecule has 106 valence electrons. The Labute approximate surface area is 113 Å². The molecule has 2 saturated carbocycles. The molecule has 2 unspecified atom stereocenters. The topological polar surface area (TPSA) is 29.3 Å². The summed E-state index contributed by atoms with van der Waals surface area (Å²) < 4.78 is 0. The summed E-state index contributed by atoms with van der Waals surface area (Å²) in [5, 5.41) is 0. The van der Waals surface area contributed by atoms with Gasteiger partial charge < -0.3 is 10.6 Å². The Kier molecular flexibility index (Phi) is 5.97. The van der Waals surface area contributed by atoms with Crippen LogP contribution in [0.5, 0.6) is 0 Å². The first-order chi connectivity index (χ1) is 8.83. The van der Waals surface area contributed by atoms with Crippen LogP contribution in [0.15, 0.2) is 0 Å². The summed E-state index contributed by atoms with van der Waals surface area (Å²) in [6.45, 7) is 0.891. The lowest BCUT2D eigenvalue weighted by Crippen LogP contribution is -2.47. The molecule has 2 aliphatic carbocycles. The van der Waals surface area contributed by atoms with E-state index < -0.39 is 0 Å². The third-order valence-electron chi connectivity index (χ3n) is 5.35. The first-order valence-corrected chi connectivity index (χ1v) is 8.25. The molecule has 0 spiro atoms. The molecule has 18 heavy (non-hydrogen) atoms. The van der Waals surface area contributed by atoms with E-state index in [-0.39, 0.29) is 0 Å². The summed E-state index contributed by atoms with van der Waals surface area (Å²) in [4.78, 5) is 2.72. The van der Waals surface area contributed by atoms with Gasteiger partial charge in [-0.15, -0.1) is 0 Å². The summed E-state index contributed by atoms with van der Waals surface area (Å²) >= 11 is 0. The fourth-order valence-corrected chi connectivity index (χ4v) is 4.11. The lowest BCUT2D eigenvalue weighted by atomic mass is 9.82. The number of nitrogens with two attached hydrogens (primary N) is 1. The van der Waals surface area contributed by atoms with Crippen LogP contribution in [0.2, 0.25) is 0 Å². The maximum atomic E-state index is 5.99. The van der Waals surface area contributed by atoms with Crippen molar-refractivity contribution in [2.75, 3.05) is 13.6 Å². The summed E-state index contributed by atoms with van der Waals surface area (Å²) in [7, 11) is 2.38. The number of hydrogen-bond donors (Lipinski definition) is 1. The van der Waals surface area contributed by atoms with Crippen molar-refractivity contribution in [1.29, 1.82) is 0 Å². The van der Waals surface area contributed by atoms with Crippen molar-refractivity contribution in [3.63, 3.8) is 0 Å². The van der Waals surface area contributed by atoms with Gasteiger partial charge in [0.15, 0.2) is 0 Å². The molecular weight excluding hydrogens is 220 g/mol. The Hall–Kier alpha value is -0.0800. The van der Waals surface area contributed by atoms with E-state index in [2.05, 4.69) is 11.9 Å². The SMILES string of the molecule is CN(C1CCCCCCC1)C1CCCCC1CN. The zero-order valence-electron chi connectivity index (χ0n) is 12.2. The van der Waals surface area contributed by atoms with Crippen molar-refractivity contribution >= 4 is 0 Å². The highest BCUT2D eigenvalue weighted by molar-refractivity contribution is 4.86. The molecule has 0 heterocycles. The summed E-state index contributed by atoms with van der Waals surface area (Å²) in [6.07, 6.45) is 15.6. The minimum atomic E-state index is 0.759. The van der Waals surface area contributed by atoms with Crippen molar-refractivity contribution in [1.82, 2.24) is 4.90 Å². The summed E-state index contributed by atoms with van der Waals surface area (Å²) in [5.41, 5.74) is 5.99. The molecule has 2 heteroatoms. The maximum absolute atomic E-state index is 5.99. The van der Waals surface area contributed by atoms with Gasteiger partial charge in [-0.05, 0) is 45.2 Å². The Morgan fingerprint density at radius 1 is 0.833 bits per heavy atom. The Balaban J connectivity index is 1.92. The van der Waals surface area contributed by atoms with Crippen LogP contribution in [0.3, 0.4) is 0 Å². The molecule has 0 aliphatic heterocycles. The van der Waals surface area contributed by atoms with E-state index in [1.165, 1.54) is 70.6 Å². The minimum absolute atomic E-state index is 0.759. The summed E-state index contributed by atoms with van der Waals surface area (Å²) in [5.74, 6) is 0.759. The van der Waals surface area contributed by atoms with Gasteiger partial charge in [-0.1, -0.05) is 44.9 Å². The van der Waals surface area contributed by atoms with Crippen LogP contribution >= 0.6 is 0 Å². The quantitative estimate of drug-likeness (QED) is 0.832. The van der Waals surface area contributed by atoms with Crippen molar-refractivity contribution in [2.45, 2.75) is 82.7 Å². The number of nitrogens with zero attached hydrogens (tertiary/aromatic N) is 1. The fraction of sp³-hybridized carbons (Fsp3) is 1.00. The second-order valence-electron chi connectivity index (χ2n) is 6.51. The molecular formula is C16H32N2. The molecule has 0 amide bonds. The van der Waals surface area contributed by atoms with E-state index >= 15 is 0 Å². The van der Waals surface area contributed by atoms with Crippen LogP contribution in [-0.2, 0) is 0 Å². The molecule has 0 aromatic heterocycles. The minimum Gasteiger partial charge on any atom is -0.330 e. The van der Waals surface area contributed by atoms with Crippen LogP contribution in [0.4, 0.5) is 0 Å². The predicted octanol–water partition coefficient (Wildman–Crippen LogP) is 3.55. The second kappa shape index (κ2) is 7.49. The van der Waals surface area contributed by atoms with Gasteiger partial charge in [0.1, 0.15) is 0 Å². The van der Waals surface area contributed by atoms with Crippen LogP contribution in [0, 0.1) is 5.92 Å². The Morgan fingerprint density at radius 3 is 2.06 bits per heavy atom. The highest BCUT2D eigenvalue weighted by Gasteiger charge is 2.30. The molecule has 2 rings (SSSR count). The van der Waals surface area contributed by atoms with E-state index in [0.717, 1.165) is 24.5 Å². The lowest BCUT2D eigenvalue weighted by Gasteiger charge is -2.42. The number of rotatable bonds is 3. The Bertz CT molecular complexity index is 221. The molecule has 0 aromatic carbocycles. The van der Waals surface area contributed by atoms with Crippen molar-refractivity contribution in [3.05, 3.63) is 0 Å². The van der Waals surface area contributed by atoms with E-state index in [0.29, 0.717) is 0 Å². The molecule has 2 fully saturated rings. The molecule has 2 atom stereocenters. The molecule has 0 aromatic rings.